The molecule has 8 nitrogen and oxygen atoms in total. The Labute approximate surface area is 142 Å². The predicted molar refractivity (Wildman–Crippen MR) is 89.4 cm³/mol. The SMILES string of the molecule is O=C(O)Cc1ccn(-c2cncc(Nc3cccc(C(=O)O)c3)n2)c1. The molecule has 0 aliphatic carbocycles. The molecule has 3 rings (SSSR count). The fourth-order valence-corrected chi connectivity index (χ4v) is 2.28. The van der Waals surface area contributed by atoms with Gasteiger partial charge in [-0.1, -0.05) is 6.07 Å². The second-order valence-electron chi connectivity index (χ2n) is 5.27. The maximum absolute atomic E-state index is 11.0. The molecule has 25 heavy (non-hydrogen) atoms. The van der Waals surface area contributed by atoms with Crippen molar-refractivity contribution >= 4 is 23.4 Å². The molecule has 0 aliphatic heterocycles. The normalized spacial score (nSPS) is 10.4. The maximum Gasteiger partial charge on any atom is 0.335 e. The van der Waals surface area contributed by atoms with Crippen molar-refractivity contribution in [2.24, 2.45) is 0 Å². The highest BCUT2D eigenvalue weighted by Gasteiger charge is 2.07. The Hall–Kier alpha value is -3.68. The Morgan fingerprint density at radius 3 is 2.76 bits per heavy atom. The molecule has 0 radical (unpaired) electrons. The van der Waals surface area contributed by atoms with Crippen LogP contribution in [0.15, 0.2) is 55.1 Å². The standard InChI is InChI=1S/C17H14N4O4/c22-16(23)6-11-4-5-21(10-11)15-9-18-8-14(20-15)19-13-3-1-2-12(7-13)17(24)25/h1-5,7-10H,6H2,(H,19,20)(H,22,23)(H,24,25). The van der Waals surface area contributed by atoms with Gasteiger partial charge >= 0.3 is 11.9 Å². The van der Waals surface area contributed by atoms with E-state index in [4.69, 9.17) is 10.2 Å². The van der Waals surface area contributed by atoms with Crippen molar-refractivity contribution in [3.8, 4) is 5.82 Å². The van der Waals surface area contributed by atoms with E-state index in [1.807, 2.05) is 0 Å². The molecule has 3 aromatic rings. The maximum atomic E-state index is 11.0. The van der Waals surface area contributed by atoms with Gasteiger partial charge in [-0.2, -0.15) is 0 Å². The summed E-state index contributed by atoms with van der Waals surface area (Å²) in [7, 11) is 0. The van der Waals surface area contributed by atoms with Gasteiger partial charge in [-0.05, 0) is 29.8 Å². The van der Waals surface area contributed by atoms with E-state index in [1.165, 1.54) is 18.3 Å². The summed E-state index contributed by atoms with van der Waals surface area (Å²) in [5.74, 6) is -0.969. The quantitative estimate of drug-likeness (QED) is 0.631. The number of carbonyl (C=O) groups is 2. The summed E-state index contributed by atoms with van der Waals surface area (Å²) in [6.07, 6.45) is 6.37. The van der Waals surface area contributed by atoms with Crippen LogP contribution in [0.1, 0.15) is 15.9 Å². The van der Waals surface area contributed by atoms with E-state index in [9.17, 15) is 9.59 Å². The van der Waals surface area contributed by atoms with E-state index in [0.717, 1.165) is 0 Å². The highest BCUT2D eigenvalue weighted by Crippen LogP contribution is 2.17. The van der Waals surface area contributed by atoms with E-state index in [1.54, 1.807) is 41.4 Å². The Bertz CT molecular complexity index is 936. The van der Waals surface area contributed by atoms with Crippen molar-refractivity contribution in [1.82, 2.24) is 14.5 Å². The van der Waals surface area contributed by atoms with Crippen LogP contribution in [-0.2, 0) is 11.2 Å². The predicted octanol–water partition coefficient (Wildman–Crippen LogP) is 2.34. The lowest BCUT2D eigenvalue weighted by Gasteiger charge is -2.08. The minimum Gasteiger partial charge on any atom is -0.481 e. The molecule has 2 heterocycles. The molecular formula is C17H14N4O4. The van der Waals surface area contributed by atoms with Crippen LogP contribution in [0.25, 0.3) is 5.82 Å². The summed E-state index contributed by atoms with van der Waals surface area (Å²) in [6, 6.07) is 8.05. The Morgan fingerprint density at radius 2 is 2.00 bits per heavy atom. The van der Waals surface area contributed by atoms with Crippen LogP contribution in [0.3, 0.4) is 0 Å². The topological polar surface area (TPSA) is 117 Å². The average Bonchev–Trinajstić information content (AvgIpc) is 3.03. The molecule has 8 heteroatoms. The summed E-state index contributed by atoms with van der Waals surface area (Å²) in [6.45, 7) is 0. The number of nitrogens with zero attached hydrogens (tertiary/aromatic N) is 3. The summed E-state index contributed by atoms with van der Waals surface area (Å²) in [4.78, 5) is 30.3. The van der Waals surface area contributed by atoms with Gasteiger partial charge in [0, 0.05) is 18.1 Å². The molecule has 0 aliphatic rings. The monoisotopic (exact) mass is 338 g/mol. The lowest BCUT2D eigenvalue weighted by atomic mass is 10.2. The fraction of sp³-hybridized carbons (Fsp3) is 0.0588. The first-order valence-corrected chi connectivity index (χ1v) is 7.33. The molecule has 0 bridgehead atoms. The van der Waals surface area contributed by atoms with Crippen LogP contribution in [0, 0.1) is 0 Å². The van der Waals surface area contributed by atoms with Crippen LogP contribution in [-0.4, -0.2) is 36.7 Å². The van der Waals surface area contributed by atoms with Gasteiger partial charge in [0.25, 0.3) is 0 Å². The van der Waals surface area contributed by atoms with Crippen LogP contribution >= 0.6 is 0 Å². The Morgan fingerprint density at radius 1 is 1.16 bits per heavy atom. The fourth-order valence-electron chi connectivity index (χ4n) is 2.28. The zero-order valence-corrected chi connectivity index (χ0v) is 13.0. The number of aliphatic carboxylic acids is 1. The zero-order chi connectivity index (χ0) is 17.8. The molecule has 0 atom stereocenters. The first-order valence-electron chi connectivity index (χ1n) is 7.33. The van der Waals surface area contributed by atoms with E-state index < -0.39 is 11.9 Å². The molecule has 1 aromatic carbocycles. The Kier molecular flexibility index (Phi) is 4.42. The number of nitrogens with one attached hydrogen (secondary N) is 1. The minimum atomic E-state index is -1.01. The van der Waals surface area contributed by atoms with Crippen molar-refractivity contribution in [1.29, 1.82) is 0 Å². The number of rotatable bonds is 6. The second kappa shape index (κ2) is 6.83. The van der Waals surface area contributed by atoms with Crippen molar-refractivity contribution < 1.29 is 19.8 Å². The number of anilines is 2. The molecule has 0 fully saturated rings. The van der Waals surface area contributed by atoms with Crippen molar-refractivity contribution in [2.45, 2.75) is 6.42 Å². The third-order valence-corrected chi connectivity index (χ3v) is 3.38. The van der Waals surface area contributed by atoms with E-state index in [-0.39, 0.29) is 12.0 Å². The number of aromatic carboxylic acids is 1. The third-order valence-electron chi connectivity index (χ3n) is 3.38. The molecule has 0 spiro atoms. The molecule has 3 N–H and O–H groups in total. The van der Waals surface area contributed by atoms with Gasteiger partial charge in [-0.15, -0.1) is 0 Å². The van der Waals surface area contributed by atoms with Gasteiger partial charge < -0.3 is 20.1 Å². The van der Waals surface area contributed by atoms with Gasteiger partial charge in [0.15, 0.2) is 11.6 Å². The molecule has 0 saturated carbocycles. The Balaban J connectivity index is 1.82. The molecule has 0 saturated heterocycles. The molecule has 0 unspecified atom stereocenters. The molecule has 126 valence electrons. The van der Waals surface area contributed by atoms with Crippen LogP contribution in [0.5, 0.6) is 0 Å². The molecular weight excluding hydrogens is 324 g/mol. The van der Waals surface area contributed by atoms with Crippen LogP contribution in [0.4, 0.5) is 11.5 Å². The van der Waals surface area contributed by atoms with Gasteiger partial charge in [0.05, 0.1) is 24.4 Å². The van der Waals surface area contributed by atoms with Gasteiger partial charge in [0.2, 0.25) is 0 Å². The minimum absolute atomic E-state index is 0.0691. The highest BCUT2D eigenvalue weighted by molar-refractivity contribution is 5.89. The largest absolute Gasteiger partial charge is 0.481 e. The summed E-state index contributed by atoms with van der Waals surface area (Å²) < 4.78 is 1.67. The summed E-state index contributed by atoms with van der Waals surface area (Å²) in [5.41, 5.74) is 1.39. The van der Waals surface area contributed by atoms with Crippen LogP contribution in [0.2, 0.25) is 0 Å². The number of hydrogen-bond donors (Lipinski definition) is 3. The molecule has 0 amide bonds. The van der Waals surface area contributed by atoms with Crippen molar-refractivity contribution in [3.63, 3.8) is 0 Å². The van der Waals surface area contributed by atoms with Gasteiger partial charge in [-0.3, -0.25) is 9.78 Å². The number of carboxylic acids is 2. The molecule has 2 aromatic heterocycles. The van der Waals surface area contributed by atoms with E-state index in [0.29, 0.717) is 22.9 Å². The first kappa shape index (κ1) is 16.2. The summed E-state index contributed by atoms with van der Waals surface area (Å²) in [5, 5.41) is 20.9. The number of aromatic nitrogens is 3. The third kappa shape index (κ3) is 3.99. The van der Waals surface area contributed by atoms with E-state index in [2.05, 4.69) is 15.3 Å². The van der Waals surface area contributed by atoms with Crippen LogP contribution < -0.4 is 5.32 Å². The zero-order valence-electron chi connectivity index (χ0n) is 13.0. The number of carboxylic acid groups (broad SMARTS) is 2. The average molecular weight is 338 g/mol. The van der Waals surface area contributed by atoms with Gasteiger partial charge in [0.1, 0.15) is 0 Å². The number of hydrogen-bond acceptors (Lipinski definition) is 5. The van der Waals surface area contributed by atoms with E-state index >= 15 is 0 Å². The highest BCUT2D eigenvalue weighted by atomic mass is 16.4. The van der Waals surface area contributed by atoms with Crippen molar-refractivity contribution in [2.75, 3.05) is 5.32 Å². The van der Waals surface area contributed by atoms with Crippen molar-refractivity contribution in [3.05, 3.63) is 66.2 Å². The number of benzene rings is 1. The lowest BCUT2D eigenvalue weighted by molar-refractivity contribution is -0.136. The smallest absolute Gasteiger partial charge is 0.335 e. The first-order chi connectivity index (χ1) is 12.0. The lowest BCUT2D eigenvalue weighted by Crippen LogP contribution is -2.02. The summed E-state index contributed by atoms with van der Waals surface area (Å²) >= 11 is 0. The second-order valence-corrected chi connectivity index (χ2v) is 5.27. The van der Waals surface area contributed by atoms with Gasteiger partial charge in [-0.25, -0.2) is 9.78 Å².